The van der Waals surface area contributed by atoms with Gasteiger partial charge in [-0.05, 0) is 18.6 Å². The van der Waals surface area contributed by atoms with E-state index in [1.165, 1.54) is 0 Å². The van der Waals surface area contributed by atoms with E-state index in [0.717, 1.165) is 29.7 Å². The predicted molar refractivity (Wildman–Crippen MR) is 84.6 cm³/mol. The molecule has 0 radical (unpaired) electrons. The highest BCUT2D eigenvalue weighted by Crippen LogP contribution is 2.14. The van der Waals surface area contributed by atoms with Gasteiger partial charge in [0.05, 0.1) is 11.0 Å². The van der Waals surface area contributed by atoms with Crippen molar-refractivity contribution in [2.24, 2.45) is 14.1 Å². The molecule has 114 valence electrons. The molecule has 3 rings (SSSR count). The Labute approximate surface area is 128 Å². The van der Waals surface area contributed by atoms with Gasteiger partial charge in [0.25, 0.3) is 5.91 Å². The van der Waals surface area contributed by atoms with Gasteiger partial charge in [-0.1, -0.05) is 12.1 Å². The minimum absolute atomic E-state index is 0.141. The number of benzene rings is 1. The highest BCUT2D eigenvalue weighted by atomic mass is 16.2. The summed E-state index contributed by atoms with van der Waals surface area (Å²) in [7, 11) is 3.83. The van der Waals surface area contributed by atoms with E-state index in [4.69, 9.17) is 0 Å². The topological polar surface area (TPSA) is 64.7 Å². The zero-order valence-corrected chi connectivity index (χ0v) is 12.8. The van der Waals surface area contributed by atoms with Crippen molar-refractivity contribution in [1.29, 1.82) is 0 Å². The summed E-state index contributed by atoms with van der Waals surface area (Å²) in [6.07, 6.45) is 5.04. The van der Waals surface area contributed by atoms with Crippen molar-refractivity contribution in [1.82, 2.24) is 24.4 Å². The van der Waals surface area contributed by atoms with Gasteiger partial charge in [-0.3, -0.25) is 4.79 Å². The molecule has 0 unspecified atom stereocenters. The molecule has 0 aliphatic rings. The number of aryl methyl sites for hydroxylation is 3. The lowest BCUT2D eigenvalue weighted by Crippen LogP contribution is -2.27. The van der Waals surface area contributed by atoms with Gasteiger partial charge >= 0.3 is 0 Å². The van der Waals surface area contributed by atoms with Gasteiger partial charge in [0.15, 0.2) is 5.82 Å². The van der Waals surface area contributed by atoms with Crippen LogP contribution in [0, 0.1) is 0 Å². The molecule has 0 fully saturated rings. The normalized spacial score (nSPS) is 11.0. The fourth-order valence-corrected chi connectivity index (χ4v) is 2.53. The van der Waals surface area contributed by atoms with E-state index in [0.29, 0.717) is 12.4 Å². The lowest BCUT2D eigenvalue weighted by Gasteiger charge is -2.05. The molecule has 22 heavy (non-hydrogen) atoms. The standard InChI is InChI=1S/C16H19N5O/c1-20-11-10-17-15(20)16(22)18-9-5-8-14-19-12-6-3-4-7-13(12)21(14)2/h3-4,6-7,10-11H,5,8-9H2,1-2H3,(H,18,22). The second-order valence-corrected chi connectivity index (χ2v) is 5.30. The molecule has 0 bridgehead atoms. The van der Waals surface area contributed by atoms with Crippen LogP contribution in [0.2, 0.25) is 0 Å². The lowest BCUT2D eigenvalue weighted by atomic mass is 10.3. The molecule has 0 saturated carbocycles. The van der Waals surface area contributed by atoms with Crippen LogP contribution in [0.15, 0.2) is 36.7 Å². The van der Waals surface area contributed by atoms with Crippen LogP contribution in [-0.4, -0.2) is 31.6 Å². The summed E-state index contributed by atoms with van der Waals surface area (Å²) in [4.78, 5) is 20.6. The summed E-state index contributed by atoms with van der Waals surface area (Å²) in [6.45, 7) is 0.606. The van der Waals surface area contributed by atoms with Crippen LogP contribution < -0.4 is 5.32 Å². The minimum atomic E-state index is -0.141. The lowest BCUT2D eigenvalue weighted by molar-refractivity contribution is 0.0939. The average Bonchev–Trinajstić information content (AvgIpc) is 3.08. The number of imidazole rings is 2. The maximum atomic E-state index is 11.9. The summed E-state index contributed by atoms with van der Waals surface area (Å²) in [5, 5.41) is 2.89. The zero-order chi connectivity index (χ0) is 15.5. The molecule has 0 saturated heterocycles. The van der Waals surface area contributed by atoms with E-state index >= 15 is 0 Å². The Hall–Kier alpha value is -2.63. The number of hydrogen-bond donors (Lipinski definition) is 1. The maximum absolute atomic E-state index is 11.9. The van der Waals surface area contributed by atoms with Crippen molar-refractivity contribution < 1.29 is 4.79 Å². The van der Waals surface area contributed by atoms with Crippen molar-refractivity contribution in [3.05, 3.63) is 48.3 Å². The molecule has 6 nitrogen and oxygen atoms in total. The Bertz CT molecular complexity index is 802. The van der Waals surface area contributed by atoms with Crippen LogP contribution in [0.25, 0.3) is 11.0 Å². The molecular formula is C16H19N5O. The summed E-state index contributed by atoms with van der Waals surface area (Å²) in [5.41, 5.74) is 2.14. The van der Waals surface area contributed by atoms with Crippen LogP contribution in [0.3, 0.4) is 0 Å². The Balaban J connectivity index is 1.55. The van der Waals surface area contributed by atoms with Gasteiger partial charge in [-0.2, -0.15) is 0 Å². The van der Waals surface area contributed by atoms with Crippen LogP contribution >= 0.6 is 0 Å². The minimum Gasteiger partial charge on any atom is -0.349 e. The number of carbonyl (C=O) groups excluding carboxylic acids is 1. The Kier molecular flexibility index (Phi) is 3.91. The van der Waals surface area contributed by atoms with E-state index in [1.807, 2.05) is 25.2 Å². The van der Waals surface area contributed by atoms with Crippen molar-refractivity contribution >= 4 is 16.9 Å². The highest BCUT2D eigenvalue weighted by Gasteiger charge is 2.10. The van der Waals surface area contributed by atoms with E-state index < -0.39 is 0 Å². The molecular weight excluding hydrogens is 278 g/mol. The summed E-state index contributed by atoms with van der Waals surface area (Å²) in [5.74, 6) is 1.33. The van der Waals surface area contributed by atoms with Crippen LogP contribution in [0.1, 0.15) is 22.9 Å². The molecule has 0 aliphatic heterocycles. The third-order valence-corrected chi connectivity index (χ3v) is 3.77. The number of nitrogens with zero attached hydrogens (tertiary/aromatic N) is 4. The smallest absolute Gasteiger partial charge is 0.287 e. The van der Waals surface area contributed by atoms with E-state index in [-0.39, 0.29) is 5.91 Å². The van der Waals surface area contributed by atoms with Crippen molar-refractivity contribution in [3.8, 4) is 0 Å². The summed E-state index contributed by atoms with van der Waals surface area (Å²) >= 11 is 0. The largest absolute Gasteiger partial charge is 0.349 e. The second kappa shape index (κ2) is 6.01. The van der Waals surface area contributed by atoms with Crippen LogP contribution in [-0.2, 0) is 20.5 Å². The third-order valence-electron chi connectivity index (χ3n) is 3.77. The van der Waals surface area contributed by atoms with Gasteiger partial charge in [-0.15, -0.1) is 0 Å². The molecule has 3 aromatic rings. The van der Waals surface area contributed by atoms with Gasteiger partial charge in [0, 0.05) is 39.5 Å². The first-order valence-corrected chi connectivity index (χ1v) is 7.32. The van der Waals surface area contributed by atoms with Crippen molar-refractivity contribution in [2.45, 2.75) is 12.8 Å². The summed E-state index contributed by atoms with van der Waals surface area (Å²) < 4.78 is 3.82. The maximum Gasteiger partial charge on any atom is 0.287 e. The quantitative estimate of drug-likeness (QED) is 0.729. The zero-order valence-electron chi connectivity index (χ0n) is 12.8. The number of aromatic nitrogens is 4. The molecule has 0 aliphatic carbocycles. The summed E-state index contributed by atoms with van der Waals surface area (Å²) in [6, 6.07) is 8.09. The number of hydrogen-bond acceptors (Lipinski definition) is 3. The number of rotatable bonds is 5. The number of carbonyl (C=O) groups is 1. The second-order valence-electron chi connectivity index (χ2n) is 5.30. The van der Waals surface area contributed by atoms with Gasteiger partial charge in [0.1, 0.15) is 5.82 Å². The first kappa shape index (κ1) is 14.3. The van der Waals surface area contributed by atoms with Gasteiger partial charge in [-0.25, -0.2) is 9.97 Å². The number of nitrogens with one attached hydrogen (secondary N) is 1. The third kappa shape index (κ3) is 2.72. The monoisotopic (exact) mass is 297 g/mol. The van der Waals surface area contributed by atoms with Gasteiger partial charge < -0.3 is 14.5 Å². The Morgan fingerprint density at radius 2 is 2.09 bits per heavy atom. The first-order valence-electron chi connectivity index (χ1n) is 7.32. The molecule has 1 amide bonds. The number of para-hydroxylation sites is 2. The molecule has 0 atom stereocenters. The van der Waals surface area contributed by atoms with Crippen LogP contribution in [0.4, 0.5) is 0 Å². The molecule has 0 spiro atoms. The fraction of sp³-hybridized carbons (Fsp3) is 0.312. The van der Waals surface area contributed by atoms with E-state index in [1.54, 1.807) is 24.0 Å². The molecule has 1 N–H and O–H groups in total. The van der Waals surface area contributed by atoms with E-state index in [2.05, 4.69) is 25.9 Å². The number of amides is 1. The fourth-order valence-electron chi connectivity index (χ4n) is 2.53. The Morgan fingerprint density at radius 3 is 2.82 bits per heavy atom. The highest BCUT2D eigenvalue weighted by molar-refractivity contribution is 5.90. The first-order chi connectivity index (χ1) is 10.7. The molecule has 2 aromatic heterocycles. The van der Waals surface area contributed by atoms with E-state index in [9.17, 15) is 4.79 Å². The van der Waals surface area contributed by atoms with Crippen LogP contribution in [0.5, 0.6) is 0 Å². The molecule has 6 heteroatoms. The predicted octanol–water partition coefficient (Wildman–Crippen LogP) is 1.67. The number of fused-ring (bicyclic) bond motifs is 1. The molecule has 1 aromatic carbocycles. The Morgan fingerprint density at radius 1 is 1.27 bits per heavy atom. The SMILES string of the molecule is Cn1ccnc1C(=O)NCCCc1nc2ccccc2n1C. The molecule has 2 heterocycles. The average molecular weight is 297 g/mol. The van der Waals surface area contributed by atoms with Crippen molar-refractivity contribution in [2.75, 3.05) is 6.54 Å². The van der Waals surface area contributed by atoms with Crippen molar-refractivity contribution in [3.63, 3.8) is 0 Å². The van der Waals surface area contributed by atoms with Gasteiger partial charge in [0.2, 0.25) is 0 Å².